The average molecular weight is 177 g/mol. The minimum atomic E-state index is -0.244. The van der Waals surface area contributed by atoms with Crippen LogP contribution in [-0.4, -0.2) is 17.6 Å². The van der Waals surface area contributed by atoms with Gasteiger partial charge < -0.3 is 4.74 Å². The molecule has 13 heavy (non-hydrogen) atoms. The van der Waals surface area contributed by atoms with Crippen LogP contribution in [0, 0.1) is 0 Å². The van der Waals surface area contributed by atoms with Gasteiger partial charge in [-0.05, 0) is 17.7 Å². The van der Waals surface area contributed by atoms with E-state index in [4.69, 9.17) is 4.74 Å². The number of carbonyl (C=O) groups is 1. The maximum atomic E-state index is 11.1. The van der Waals surface area contributed by atoms with Crippen LogP contribution in [0.25, 0.3) is 0 Å². The van der Waals surface area contributed by atoms with Gasteiger partial charge in [0.25, 0.3) is 0 Å². The van der Waals surface area contributed by atoms with Gasteiger partial charge in [-0.3, -0.25) is 9.78 Å². The molecule has 0 unspecified atom stereocenters. The molecule has 0 spiro atoms. The molecule has 1 aromatic heterocycles. The van der Waals surface area contributed by atoms with Crippen molar-refractivity contribution < 1.29 is 9.53 Å². The van der Waals surface area contributed by atoms with Crippen molar-refractivity contribution in [2.24, 2.45) is 0 Å². The number of pyridine rings is 1. The van der Waals surface area contributed by atoms with E-state index in [1.807, 2.05) is 0 Å². The van der Waals surface area contributed by atoms with Gasteiger partial charge >= 0.3 is 5.97 Å². The first-order chi connectivity index (χ1) is 6.33. The molecule has 3 nitrogen and oxygen atoms in total. The van der Waals surface area contributed by atoms with Crippen LogP contribution in [0.15, 0.2) is 37.2 Å². The first kappa shape index (κ1) is 9.45. The van der Waals surface area contributed by atoms with E-state index < -0.39 is 0 Å². The summed E-state index contributed by atoms with van der Waals surface area (Å²) >= 11 is 0. The molecule has 1 rings (SSSR count). The normalized spacial score (nSPS) is 9.23. The predicted molar refractivity (Wildman–Crippen MR) is 49.1 cm³/mol. The largest absolute Gasteiger partial charge is 0.461 e. The van der Waals surface area contributed by atoms with Crippen molar-refractivity contribution >= 4 is 5.97 Å². The molecule has 0 bridgehead atoms. The highest BCUT2D eigenvalue weighted by atomic mass is 16.5. The topological polar surface area (TPSA) is 39.2 Å². The van der Waals surface area contributed by atoms with Crippen LogP contribution in [0.1, 0.15) is 5.56 Å². The second kappa shape index (κ2) is 5.09. The lowest BCUT2D eigenvalue weighted by atomic mass is 10.2. The predicted octanol–water partition coefficient (Wildman–Crippen LogP) is 1.35. The highest BCUT2D eigenvalue weighted by Gasteiger charge is 2.02. The maximum Gasteiger partial charge on any atom is 0.310 e. The number of rotatable bonds is 4. The monoisotopic (exact) mass is 177 g/mol. The lowest BCUT2D eigenvalue weighted by Crippen LogP contribution is -2.07. The second-order valence-corrected chi connectivity index (χ2v) is 2.50. The lowest BCUT2D eigenvalue weighted by molar-refractivity contribution is -0.141. The number of nitrogens with zero attached hydrogens (tertiary/aromatic N) is 1. The van der Waals surface area contributed by atoms with Gasteiger partial charge in [0.1, 0.15) is 6.61 Å². The van der Waals surface area contributed by atoms with Crippen LogP contribution in [-0.2, 0) is 16.0 Å². The van der Waals surface area contributed by atoms with Crippen molar-refractivity contribution in [2.45, 2.75) is 6.42 Å². The van der Waals surface area contributed by atoms with Crippen LogP contribution < -0.4 is 0 Å². The fraction of sp³-hybridized carbons (Fsp3) is 0.200. The number of carbonyl (C=O) groups excluding carboxylic acids is 1. The van der Waals surface area contributed by atoms with Crippen molar-refractivity contribution in [1.82, 2.24) is 4.98 Å². The van der Waals surface area contributed by atoms with Gasteiger partial charge in [-0.25, -0.2) is 0 Å². The van der Waals surface area contributed by atoms with Gasteiger partial charge in [-0.2, -0.15) is 0 Å². The Balaban J connectivity index is 2.41. The summed E-state index contributed by atoms with van der Waals surface area (Å²) in [6.07, 6.45) is 5.13. The second-order valence-electron chi connectivity index (χ2n) is 2.50. The first-order valence-electron chi connectivity index (χ1n) is 3.98. The number of hydrogen-bond acceptors (Lipinski definition) is 3. The minimum Gasteiger partial charge on any atom is -0.461 e. The average Bonchev–Trinajstić information content (AvgIpc) is 2.16. The molecule has 0 saturated heterocycles. The molecule has 0 aliphatic carbocycles. The molecular formula is C10H11NO2. The molecule has 1 heterocycles. The molecule has 0 N–H and O–H groups in total. The molecule has 1 aromatic rings. The van der Waals surface area contributed by atoms with E-state index in [9.17, 15) is 4.79 Å². The van der Waals surface area contributed by atoms with Crippen LogP contribution in [0.3, 0.4) is 0 Å². The number of aromatic nitrogens is 1. The summed E-state index contributed by atoms with van der Waals surface area (Å²) in [5, 5.41) is 0. The molecular weight excluding hydrogens is 166 g/mol. The van der Waals surface area contributed by atoms with Crippen molar-refractivity contribution in [3.05, 3.63) is 42.7 Å². The molecule has 0 fully saturated rings. The number of ether oxygens (including phenoxy) is 1. The van der Waals surface area contributed by atoms with E-state index in [0.717, 1.165) is 5.56 Å². The Morgan fingerprint density at radius 3 is 2.85 bits per heavy atom. The van der Waals surface area contributed by atoms with Crippen molar-refractivity contribution in [3.63, 3.8) is 0 Å². The van der Waals surface area contributed by atoms with Crippen LogP contribution >= 0.6 is 0 Å². The molecule has 3 heteroatoms. The van der Waals surface area contributed by atoms with Crippen molar-refractivity contribution in [1.29, 1.82) is 0 Å². The Bertz CT molecular complexity index is 282. The summed E-state index contributed by atoms with van der Waals surface area (Å²) in [6.45, 7) is 3.72. The van der Waals surface area contributed by atoms with Crippen LogP contribution in [0.4, 0.5) is 0 Å². The standard InChI is InChI=1S/C10H11NO2/c1-2-7-13-10(12)8-9-3-5-11-6-4-9/h2-6H,1,7-8H2. The Morgan fingerprint density at radius 1 is 1.54 bits per heavy atom. The lowest BCUT2D eigenvalue weighted by Gasteiger charge is -2.00. The third-order valence-corrected chi connectivity index (χ3v) is 1.46. The Labute approximate surface area is 77.1 Å². The first-order valence-corrected chi connectivity index (χ1v) is 3.98. The third kappa shape index (κ3) is 3.51. The van der Waals surface area contributed by atoms with E-state index >= 15 is 0 Å². The van der Waals surface area contributed by atoms with E-state index in [2.05, 4.69) is 11.6 Å². The van der Waals surface area contributed by atoms with Gasteiger partial charge in [-0.1, -0.05) is 12.7 Å². The third-order valence-electron chi connectivity index (χ3n) is 1.46. The van der Waals surface area contributed by atoms with Crippen molar-refractivity contribution in [2.75, 3.05) is 6.61 Å². The Morgan fingerprint density at radius 2 is 2.23 bits per heavy atom. The zero-order valence-corrected chi connectivity index (χ0v) is 7.27. The van der Waals surface area contributed by atoms with Gasteiger partial charge in [0.05, 0.1) is 6.42 Å². The molecule has 0 aliphatic rings. The zero-order valence-electron chi connectivity index (χ0n) is 7.27. The molecule has 0 atom stereocenters. The summed E-state index contributed by atoms with van der Waals surface area (Å²) in [5.41, 5.74) is 0.907. The summed E-state index contributed by atoms with van der Waals surface area (Å²) in [7, 11) is 0. The number of hydrogen-bond donors (Lipinski definition) is 0. The van der Waals surface area contributed by atoms with Crippen LogP contribution in [0.2, 0.25) is 0 Å². The summed E-state index contributed by atoms with van der Waals surface area (Å²) in [4.78, 5) is 14.9. The molecule has 0 aromatic carbocycles. The van der Waals surface area contributed by atoms with Gasteiger partial charge in [0, 0.05) is 12.4 Å². The molecule has 68 valence electrons. The summed E-state index contributed by atoms with van der Waals surface area (Å²) in [6, 6.07) is 3.57. The quantitative estimate of drug-likeness (QED) is 0.514. The van der Waals surface area contributed by atoms with E-state index in [0.29, 0.717) is 0 Å². The maximum absolute atomic E-state index is 11.1. The zero-order chi connectivity index (χ0) is 9.52. The Hall–Kier alpha value is -1.64. The highest BCUT2D eigenvalue weighted by Crippen LogP contribution is 1.98. The Kier molecular flexibility index (Phi) is 3.70. The highest BCUT2D eigenvalue weighted by molar-refractivity contribution is 5.72. The number of esters is 1. The van der Waals surface area contributed by atoms with E-state index in [1.165, 1.54) is 0 Å². The summed E-state index contributed by atoms with van der Waals surface area (Å²) in [5.74, 6) is -0.244. The van der Waals surface area contributed by atoms with E-state index in [1.54, 1.807) is 30.6 Å². The molecule has 0 radical (unpaired) electrons. The van der Waals surface area contributed by atoms with Gasteiger partial charge in [0.15, 0.2) is 0 Å². The fourth-order valence-corrected chi connectivity index (χ4v) is 0.870. The molecule has 0 aliphatic heterocycles. The summed E-state index contributed by atoms with van der Waals surface area (Å²) < 4.78 is 4.82. The van der Waals surface area contributed by atoms with E-state index in [-0.39, 0.29) is 19.0 Å². The molecule has 0 saturated carbocycles. The smallest absolute Gasteiger partial charge is 0.310 e. The van der Waals surface area contributed by atoms with Crippen LogP contribution in [0.5, 0.6) is 0 Å². The van der Waals surface area contributed by atoms with Crippen molar-refractivity contribution in [3.8, 4) is 0 Å². The fourth-order valence-electron chi connectivity index (χ4n) is 0.870. The SMILES string of the molecule is C=CCOC(=O)Cc1ccncc1. The molecule has 0 amide bonds. The van der Waals surface area contributed by atoms with Gasteiger partial charge in [0.2, 0.25) is 0 Å². The van der Waals surface area contributed by atoms with Gasteiger partial charge in [-0.15, -0.1) is 0 Å². The minimum absolute atomic E-state index is 0.244.